The summed E-state index contributed by atoms with van der Waals surface area (Å²) >= 11 is 0. The summed E-state index contributed by atoms with van der Waals surface area (Å²) < 4.78 is 0. The molecule has 2 fully saturated rings. The van der Waals surface area contributed by atoms with Gasteiger partial charge in [-0.1, -0.05) is 78.9 Å². The van der Waals surface area contributed by atoms with Crippen molar-refractivity contribution < 1.29 is 4.84 Å². The van der Waals surface area contributed by atoms with Crippen molar-refractivity contribution in [2.45, 2.75) is 25.0 Å². The maximum Gasteiger partial charge on any atom is 0.119 e. The van der Waals surface area contributed by atoms with Crippen LogP contribution < -0.4 is 5.06 Å². The van der Waals surface area contributed by atoms with Crippen LogP contribution in [0.5, 0.6) is 0 Å². The molecule has 1 aliphatic carbocycles. The summed E-state index contributed by atoms with van der Waals surface area (Å²) in [6.45, 7) is 0. The molecule has 0 N–H and O–H groups in total. The van der Waals surface area contributed by atoms with Crippen molar-refractivity contribution >= 4 is 5.69 Å². The maximum atomic E-state index is 6.61. The Morgan fingerprint density at radius 2 is 1.20 bits per heavy atom. The van der Waals surface area contributed by atoms with Crippen molar-refractivity contribution in [2.75, 3.05) is 5.06 Å². The molecule has 1 heterocycles. The normalized spacial score (nSPS) is 23.8. The van der Waals surface area contributed by atoms with Gasteiger partial charge in [0, 0.05) is 5.41 Å². The second-order valence-corrected chi connectivity index (χ2v) is 7.10. The molecule has 25 heavy (non-hydrogen) atoms. The Balaban J connectivity index is 1.63. The Morgan fingerprint density at radius 1 is 0.680 bits per heavy atom. The van der Waals surface area contributed by atoms with Crippen molar-refractivity contribution in [3.63, 3.8) is 0 Å². The zero-order valence-electron chi connectivity index (χ0n) is 14.1. The van der Waals surface area contributed by atoms with Crippen LogP contribution >= 0.6 is 0 Å². The molecule has 0 amide bonds. The third-order valence-electron chi connectivity index (χ3n) is 5.58. The van der Waals surface area contributed by atoms with E-state index in [2.05, 4.69) is 96.1 Å². The minimum Gasteiger partial charge on any atom is -0.264 e. The highest BCUT2D eigenvalue weighted by Gasteiger charge is 2.64. The van der Waals surface area contributed by atoms with Crippen LogP contribution in [0.15, 0.2) is 91.0 Å². The largest absolute Gasteiger partial charge is 0.264 e. The fourth-order valence-corrected chi connectivity index (χ4v) is 4.24. The summed E-state index contributed by atoms with van der Waals surface area (Å²) in [5.41, 5.74) is 3.90. The van der Waals surface area contributed by atoms with Crippen LogP contribution in [-0.2, 0) is 4.84 Å². The minimum absolute atomic E-state index is 0.110. The molecule has 1 aliphatic heterocycles. The molecule has 2 aliphatic rings. The lowest BCUT2D eigenvalue weighted by Crippen LogP contribution is -2.24. The molecule has 0 bridgehead atoms. The summed E-state index contributed by atoms with van der Waals surface area (Å²) in [6, 6.07) is 32.2. The Kier molecular flexibility index (Phi) is 3.39. The molecule has 0 radical (unpaired) electrons. The van der Waals surface area contributed by atoms with Crippen LogP contribution in [0.25, 0.3) is 0 Å². The maximum absolute atomic E-state index is 6.61. The Labute approximate surface area is 148 Å². The average Bonchev–Trinajstić information content (AvgIpc) is 3.39. The van der Waals surface area contributed by atoms with Gasteiger partial charge in [-0.05, 0) is 36.1 Å². The molecule has 1 saturated carbocycles. The van der Waals surface area contributed by atoms with Gasteiger partial charge in [-0.3, -0.25) is 4.84 Å². The summed E-state index contributed by atoms with van der Waals surface area (Å²) in [5, 5.41) is 2.15. The monoisotopic (exact) mass is 327 g/mol. The number of para-hydroxylation sites is 1. The van der Waals surface area contributed by atoms with Crippen molar-refractivity contribution in [1.29, 1.82) is 0 Å². The average molecular weight is 327 g/mol. The van der Waals surface area contributed by atoms with E-state index < -0.39 is 0 Å². The number of hydroxylamine groups is 1. The highest BCUT2D eigenvalue weighted by Crippen LogP contribution is 2.70. The topological polar surface area (TPSA) is 12.5 Å². The van der Waals surface area contributed by atoms with Gasteiger partial charge in [0.1, 0.15) is 6.10 Å². The molecule has 2 heteroatoms. The number of rotatable bonds is 3. The van der Waals surface area contributed by atoms with Crippen molar-refractivity contribution in [3.05, 3.63) is 102 Å². The predicted octanol–water partition coefficient (Wildman–Crippen LogP) is 5.70. The number of anilines is 1. The first-order valence-electron chi connectivity index (χ1n) is 8.99. The molecular formula is C23H21NO. The smallest absolute Gasteiger partial charge is 0.119 e. The molecule has 5 rings (SSSR count). The zero-order valence-corrected chi connectivity index (χ0v) is 14.1. The molecular weight excluding hydrogens is 306 g/mol. The van der Waals surface area contributed by atoms with Crippen LogP contribution in [0.4, 0.5) is 5.69 Å². The summed E-state index contributed by atoms with van der Waals surface area (Å²) in [6.07, 6.45) is 2.52. The van der Waals surface area contributed by atoms with E-state index >= 15 is 0 Å². The summed E-state index contributed by atoms with van der Waals surface area (Å²) in [4.78, 5) is 6.61. The van der Waals surface area contributed by atoms with Gasteiger partial charge in [-0.25, -0.2) is 5.06 Å². The standard InChI is InChI=1S/C23H21NO/c1-4-10-18(11-5-1)21-23(16-17-23)22(19-12-6-2-7-13-19)25-24(21)20-14-8-3-9-15-20/h1-15,21-22H,16-17H2/t21-,22+/m0/s1. The third-order valence-corrected chi connectivity index (χ3v) is 5.58. The van der Waals surface area contributed by atoms with E-state index in [0.29, 0.717) is 0 Å². The van der Waals surface area contributed by atoms with Gasteiger partial charge in [-0.15, -0.1) is 0 Å². The highest BCUT2D eigenvalue weighted by atomic mass is 16.7. The summed E-state index contributed by atoms with van der Waals surface area (Å²) in [5.74, 6) is 0. The predicted molar refractivity (Wildman–Crippen MR) is 100 cm³/mol. The van der Waals surface area contributed by atoms with E-state index in [1.165, 1.54) is 24.0 Å². The molecule has 1 saturated heterocycles. The van der Waals surface area contributed by atoms with Crippen molar-refractivity contribution in [2.24, 2.45) is 5.41 Å². The van der Waals surface area contributed by atoms with Crippen LogP contribution in [0.1, 0.15) is 36.1 Å². The van der Waals surface area contributed by atoms with E-state index in [1.807, 2.05) is 0 Å². The van der Waals surface area contributed by atoms with Gasteiger partial charge in [-0.2, -0.15) is 0 Å². The second kappa shape index (κ2) is 5.75. The number of benzene rings is 3. The van der Waals surface area contributed by atoms with Crippen molar-refractivity contribution in [1.82, 2.24) is 0 Å². The molecule has 0 aromatic heterocycles. The first kappa shape index (κ1) is 14.7. The van der Waals surface area contributed by atoms with E-state index in [9.17, 15) is 0 Å². The van der Waals surface area contributed by atoms with Gasteiger partial charge in [0.15, 0.2) is 0 Å². The Morgan fingerprint density at radius 3 is 1.76 bits per heavy atom. The quantitative estimate of drug-likeness (QED) is 0.612. The molecule has 1 spiro atoms. The van der Waals surface area contributed by atoms with E-state index in [1.54, 1.807) is 0 Å². The van der Waals surface area contributed by atoms with Crippen LogP contribution in [-0.4, -0.2) is 0 Å². The first-order valence-corrected chi connectivity index (χ1v) is 8.99. The number of hydrogen-bond donors (Lipinski definition) is 0. The van der Waals surface area contributed by atoms with Crippen LogP contribution in [0.2, 0.25) is 0 Å². The molecule has 2 atom stereocenters. The van der Waals surface area contributed by atoms with Gasteiger partial charge in [0.25, 0.3) is 0 Å². The molecule has 2 nitrogen and oxygen atoms in total. The van der Waals surface area contributed by atoms with E-state index in [0.717, 1.165) is 5.69 Å². The van der Waals surface area contributed by atoms with Gasteiger partial charge >= 0.3 is 0 Å². The van der Waals surface area contributed by atoms with Gasteiger partial charge in [0.2, 0.25) is 0 Å². The van der Waals surface area contributed by atoms with Crippen molar-refractivity contribution in [3.8, 4) is 0 Å². The fourth-order valence-electron chi connectivity index (χ4n) is 4.24. The van der Waals surface area contributed by atoms with E-state index in [4.69, 9.17) is 4.84 Å². The minimum atomic E-state index is 0.110. The SMILES string of the molecule is c1ccc([C@H]2ON(c3ccccc3)[C@@H](c3ccccc3)C23CC3)cc1. The number of hydrogen-bond acceptors (Lipinski definition) is 2. The molecule has 3 aromatic rings. The molecule has 3 aromatic carbocycles. The van der Waals surface area contributed by atoms with E-state index in [-0.39, 0.29) is 17.6 Å². The first-order chi connectivity index (χ1) is 12.4. The number of nitrogens with zero attached hydrogens (tertiary/aromatic N) is 1. The second-order valence-electron chi connectivity index (χ2n) is 7.10. The fraction of sp³-hybridized carbons (Fsp3) is 0.217. The lowest BCUT2D eigenvalue weighted by molar-refractivity contribution is 0.0639. The van der Waals surface area contributed by atoms with Gasteiger partial charge < -0.3 is 0 Å². The highest BCUT2D eigenvalue weighted by molar-refractivity contribution is 5.50. The van der Waals surface area contributed by atoms with Crippen LogP contribution in [0, 0.1) is 5.41 Å². The molecule has 124 valence electrons. The Bertz CT molecular complexity index is 843. The van der Waals surface area contributed by atoms with Gasteiger partial charge in [0.05, 0.1) is 11.7 Å². The Hall–Kier alpha value is -2.58. The lowest BCUT2D eigenvalue weighted by atomic mass is 9.83. The lowest BCUT2D eigenvalue weighted by Gasteiger charge is -2.27. The summed E-state index contributed by atoms with van der Waals surface area (Å²) in [7, 11) is 0. The third kappa shape index (κ3) is 2.37. The molecule has 0 unspecified atom stereocenters. The zero-order chi connectivity index (χ0) is 16.7. The van der Waals surface area contributed by atoms with Crippen LogP contribution in [0.3, 0.4) is 0 Å².